The Morgan fingerprint density at radius 1 is 1.30 bits per heavy atom. The summed E-state index contributed by atoms with van der Waals surface area (Å²) in [5.74, 6) is -1.90. The van der Waals surface area contributed by atoms with Gasteiger partial charge in [-0.2, -0.15) is 4.72 Å². The summed E-state index contributed by atoms with van der Waals surface area (Å²) in [6, 6.07) is 2.73. The van der Waals surface area contributed by atoms with E-state index in [1.165, 1.54) is 25.3 Å². The Morgan fingerprint density at radius 2 is 1.91 bits per heavy atom. The predicted octanol–water partition coefficient (Wildman–Crippen LogP) is 1.56. The molecular weight excluding hydrogens is 322 g/mol. The highest BCUT2D eigenvalue weighted by Gasteiger charge is 2.27. The number of benzene rings is 1. The number of sulfonamides is 1. The molecule has 1 atom stereocenters. The topological polar surface area (TPSA) is 110 Å². The normalized spacial score (nSPS) is 12.9. The van der Waals surface area contributed by atoms with E-state index in [0.29, 0.717) is 5.56 Å². The van der Waals surface area contributed by atoms with Crippen molar-refractivity contribution in [3.05, 3.63) is 29.3 Å². The molecule has 1 aromatic rings. The van der Waals surface area contributed by atoms with Gasteiger partial charge in [0, 0.05) is 0 Å². The summed E-state index contributed by atoms with van der Waals surface area (Å²) in [6.07, 6.45) is 0.157. The van der Waals surface area contributed by atoms with Crippen LogP contribution in [0.25, 0.3) is 0 Å². The van der Waals surface area contributed by atoms with Crippen LogP contribution in [-0.4, -0.2) is 38.6 Å². The van der Waals surface area contributed by atoms with Crippen molar-refractivity contribution < 1.29 is 27.9 Å². The van der Waals surface area contributed by atoms with Crippen molar-refractivity contribution in [2.45, 2.75) is 38.1 Å². The first-order valence-corrected chi connectivity index (χ1v) is 8.51. The maximum Gasteiger partial charge on any atom is 0.338 e. The average molecular weight is 343 g/mol. The Balaban J connectivity index is 3.17. The highest BCUT2D eigenvalue weighted by molar-refractivity contribution is 7.89. The minimum absolute atomic E-state index is 0.00227. The van der Waals surface area contributed by atoms with Gasteiger partial charge in [-0.05, 0) is 37.0 Å². The fourth-order valence-corrected chi connectivity index (χ4v) is 3.25. The number of carbonyl (C=O) groups is 2. The number of aryl methyl sites for hydroxylation is 1. The third-order valence-corrected chi connectivity index (χ3v) is 4.70. The van der Waals surface area contributed by atoms with Gasteiger partial charge < -0.3 is 9.84 Å². The molecule has 0 aliphatic rings. The highest BCUT2D eigenvalue weighted by atomic mass is 32.2. The first kappa shape index (κ1) is 19.1. The van der Waals surface area contributed by atoms with Crippen LogP contribution >= 0.6 is 0 Å². The van der Waals surface area contributed by atoms with Crippen molar-refractivity contribution >= 4 is 22.0 Å². The summed E-state index contributed by atoms with van der Waals surface area (Å²) in [7, 11) is -2.87. The third-order valence-electron chi connectivity index (χ3n) is 3.23. The van der Waals surface area contributed by atoms with Crippen LogP contribution in [-0.2, 0) is 19.6 Å². The predicted molar refractivity (Wildman–Crippen MR) is 83.7 cm³/mol. The summed E-state index contributed by atoms with van der Waals surface area (Å²) in [5, 5.41) is 9.16. The van der Waals surface area contributed by atoms with E-state index in [9.17, 15) is 18.0 Å². The highest BCUT2D eigenvalue weighted by Crippen LogP contribution is 2.18. The molecule has 8 heteroatoms. The van der Waals surface area contributed by atoms with Crippen molar-refractivity contribution in [1.29, 1.82) is 0 Å². The molecule has 2 N–H and O–H groups in total. The molecule has 0 heterocycles. The van der Waals surface area contributed by atoms with E-state index >= 15 is 0 Å². The molecule has 0 radical (unpaired) electrons. The van der Waals surface area contributed by atoms with Gasteiger partial charge in [-0.1, -0.05) is 19.9 Å². The van der Waals surface area contributed by atoms with Crippen LogP contribution in [0.2, 0.25) is 0 Å². The number of hydrogen-bond donors (Lipinski definition) is 2. The van der Waals surface area contributed by atoms with Crippen LogP contribution < -0.4 is 4.72 Å². The standard InChI is InChI=1S/C15H21NO6S/c1-9(2)7-13(14(17)18)16-23(20,21)11-6-5-10(3)12(8-11)15(19)22-4/h5-6,8-9,13,16H,7H2,1-4H3,(H,17,18)/t13-/m0/s1. The average Bonchev–Trinajstić information content (AvgIpc) is 2.45. The zero-order valence-corrected chi connectivity index (χ0v) is 14.3. The Labute approximate surface area is 135 Å². The minimum atomic E-state index is -4.07. The van der Waals surface area contributed by atoms with E-state index in [-0.39, 0.29) is 22.8 Å². The first-order chi connectivity index (χ1) is 10.6. The molecular formula is C15H21NO6S. The molecule has 1 aromatic carbocycles. The van der Waals surface area contributed by atoms with E-state index in [0.717, 1.165) is 0 Å². The lowest BCUT2D eigenvalue weighted by molar-refractivity contribution is -0.139. The van der Waals surface area contributed by atoms with E-state index in [1.54, 1.807) is 20.8 Å². The number of hydrogen-bond acceptors (Lipinski definition) is 5. The number of carboxylic acid groups (broad SMARTS) is 1. The van der Waals surface area contributed by atoms with Gasteiger partial charge in [-0.25, -0.2) is 13.2 Å². The Kier molecular flexibility index (Phi) is 6.28. The number of nitrogens with one attached hydrogen (secondary N) is 1. The van der Waals surface area contributed by atoms with Crippen molar-refractivity contribution in [3.63, 3.8) is 0 Å². The second-order valence-corrected chi connectivity index (χ2v) is 7.32. The fraction of sp³-hybridized carbons (Fsp3) is 0.467. The lowest BCUT2D eigenvalue weighted by atomic mass is 10.1. The van der Waals surface area contributed by atoms with Gasteiger partial charge in [0.2, 0.25) is 10.0 Å². The van der Waals surface area contributed by atoms with Crippen LogP contribution in [0.5, 0.6) is 0 Å². The number of methoxy groups -OCH3 is 1. The summed E-state index contributed by atoms with van der Waals surface area (Å²) < 4.78 is 31.5. The molecule has 0 aliphatic carbocycles. The molecule has 0 amide bonds. The number of rotatable bonds is 7. The van der Waals surface area contributed by atoms with Gasteiger partial charge >= 0.3 is 11.9 Å². The molecule has 0 bridgehead atoms. The van der Waals surface area contributed by atoms with Crippen LogP contribution in [0.3, 0.4) is 0 Å². The van der Waals surface area contributed by atoms with E-state index < -0.39 is 28.0 Å². The van der Waals surface area contributed by atoms with Crippen molar-refractivity contribution in [2.75, 3.05) is 7.11 Å². The van der Waals surface area contributed by atoms with Crippen LogP contribution in [0.15, 0.2) is 23.1 Å². The number of esters is 1. The number of carbonyl (C=O) groups excluding carboxylic acids is 1. The molecule has 1 rings (SSSR count). The van der Waals surface area contributed by atoms with E-state index in [4.69, 9.17) is 5.11 Å². The number of carboxylic acids is 1. The molecule has 0 saturated heterocycles. The minimum Gasteiger partial charge on any atom is -0.480 e. The molecule has 0 spiro atoms. The monoisotopic (exact) mass is 343 g/mol. The Bertz CT molecular complexity index is 696. The van der Waals surface area contributed by atoms with Gasteiger partial charge in [0.05, 0.1) is 17.6 Å². The zero-order valence-electron chi connectivity index (χ0n) is 13.5. The molecule has 0 unspecified atom stereocenters. The lowest BCUT2D eigenvalue weighted by Crippen LogP contribution is -2.41. The molecule has 128 valence electrons. The van der Waals surface area contributed by atoms with E-state index in [1.807, 2.05) is 0 Å². The van der Waals surface area contributed by atoms with Crippen LogP contribution in [0, 0.1) is 12.8 Å². The molecule has 0 aromatic heterocycles. The van der Waals surface area contributed by atoms with Crippen LogP contribution in [0.1, 0.15) is 36.2 Å². The van der Waals surface area contributed by atoms with Gasteiger partial charge in [0.25, 0.3) is 0 Å². The quantitative estimate of drug-likeness (QED) is 0.727. The molecule has 0 saturated carbocycles. The summed E-state index contributed by atoms with van der Waals surface area (Å²) in [6.45, 7) is 5.24. The Morgan fingerprint density at radius 3 is 2.39 bits per heavy atom. The smallest absolute Gasteiger partial charge is 0.338 e. The van der Waals surface area contributed by atoms with Crippen molar-refractivity contribution in [2.24, 2.45) is 5.92 Å². The fourth-order valence-electron chi connectivity index (χ4n) is 2.02. The summed E-state index contributed by atoms with van der Waals surface area (Å²) >= 11 is 0. The van der Waals surface area contributed by atoms with Gasteiger partial charge in [-0.3, -0.25) is 4.79 Å². The van der Waals surface area contributed by atoms with E-state index in [2.05, 4.69) is 9.46 Å². The van der Waals surface area contributed by atoms with Crippen molar-refractivity contribution in [3.8, 4) is 0 Å². The number of ether oxygens (including phenoxy) is 1. The summed E-state index contributed by atoms with van der Waals surface area (Å²) in [4.78, 5) is 22.7. The van der Waals surface area contributed by atoms with Gasteiger partial charge in [0.1, 0.15) is 6.04 Å². The SMILES string of the molecule is COC(=O)c1cc(S(=O)(=O)N[C@@H](CC(C)C)C(=O)O)ccc1C. The second kappa shape index (κ2) is 7.56. The van der Waals surface area contributed by atoms with Crippen LogP contribution in [0.4, 0.5) is 0 Å². The lowest BCUT2D eigenvalue weighted by Gasteiger charge is -2.17. The summed E-state index contributed by atoms with van der Waals surface area (Å²) in [5.41, 5.74) is 0.680. The third kappa shape index (κ3) is 5.04. The maximum absolute atomic E-state index is 12.4. The largest absolute Gasteiger partial charge is 0.480 e. The first-order valence-electron chi connectivity index (χ1n) is 7.02. The molecule has 23 heavy (non-hydrogen) atoms. The molecule has 0 fully saturated rings. The molecule has 0 aliphatic heterocycles. The molecule has 7 nitrogen and oxygen atoms in total. The number of aliphatic carboxylic acids is 1. The maximum atomic E-state index is 12.4. The van der Waals surface area contributed by atoms with Gasteiger partial charge in [0.15, 0.2) is 0 Å². The van der Waals surface area contributed by atoms with Gasteiger partial charge in [-0.15, -0.1) is 0 Å². The van der Waals surface area contributed by atoms with Crippen molar-refractivity contribution in [1.82, 2.24) is 4.72 Å². The zero-order chi connectivity index (χ0) is 17.8. The Hall–Kier alpha value is -1.93. The second-order valence-electron chi connectivity index (χ2n) is 5.61.